The van der Waals surface area contributed by atoms with Crippen molar-refractivity contribution in [1.29, 1.82) is 0 Å². The highest BCUT2D eigenvalue weighted by atomic mass is 35.5. The summed E-state index contributed by atoms with van der Waals surface area (Å²) in [4.78, 5) is 25.0. The lowest BCUT2D eigenvalue weighted by molar-refractivity contribution is -0.385. The first-order chi connectivity index (χ1) is 10.0. The Morgan fingerprint density at radius 2 is 2.14 bits per heavy atom. The lowest BCUT2D eigenvalue weighted by Crippen LogP contribution is -2.46. The van der Waals surface area contributed by atoms with Crippen molar-refractivity contribution >= 4 is 23.2 Å². The normalized spacial score (nSPS) is 15.7. The van der Waals surface area contributed by atoms with Crippen LogP contribution < -0.4 is 5.32 Å². The minimum atomic E-state index is -0.560. The van der Waals surface area contributed by atoms with Gasteiger partial charge in [-0.2, -0.15) is 0 Å². The topological polar surface area (TPSA) is 75.5 Å². The van der Waals surface area contributed by atoms with Crippen molar-refractivity contribution < 1.29 is 9.72 Å². The van der Waals surface area contributed by atoms with Crippen molar-refractivity contribution in [2.24, 2.45) is 0 Å². The van der Waals surface area contributed by atoms with E-state index in [1.54, 1.807) is 4.90 Å². The van der Waals surface area contributed by atoms with Crippen LogP contribution in [0.5, 0.6) is 0 Å². The standard InChI is InChI=1S/C14H18ClN3O3/c1-2-17(11-5-7-16-8-6-11)14(19)12-4-3-10(15)9-13(12)18(20)21/h3-4,9,11,16H,2,5-8H2,1H3. The van der Waals surface area contributed by atoms with Gasteiger partial charge < -0.3 is 10.2 Å². The second kappa shape index (κ2) is 6.87. The number of amides is 1. The molecule has 0 spiro atoms. The highest BCUT2D eigenvalue weighted by Crippen LogP contribution is 2.26. The molecule has 0 aliphatic carbocycles. The van der Waals surface area contributed by atoms with E-state index in [1.165, 1.54) is 18.2 Å². The predicted molar refractivity (Wildman–Crippen MR) is 80.7 cm³/mol. The summed E-state index contributed by atoms with van der Waals surface area (Å²) in [6.07, 6.45) is 1.72. The molecule has 2 rings (SSSR count). The molecule has 114 valence electrons. The number of carbonyl (C=O) groups excluding carboxylic acids is 1. The van der Waals surface area contributed by atoms with Gasteiger partial charge >= 0.3 is 0 Å². The first-order valence-corrected chi connectivity index (χ1v) is 7.38. The van der Waals surface area contributed by atoms with Crippen LogP contribution in [0, 0.1) is 10.1 Å². The number of nitrogens with one attached hydrogen (secondary N) is 1. The fraction of sp³-hybridized carbons (Fsp3) is 0.500. The van der Waals surface area contributed by atoms with Gasteiger partial charge in [0.05, 0.1) is 4.92 Å². The molecule has 1 amide bonds. The summed E-state index contributed by atoms with van der Waals surface area (Å²) in [5.41, 5.74) is -0.135. The van der Waals surface area contributed by atoms with Gasteiger partial charge in [0.15, 0.2) is 0 Å². The Bertz CT molecular complexity index is 544. The molecule has 0 atom stereocenters. The summed E-state index contributed by atoms with van der Waals surface area (Å²) in [7, 11) is 0. The molecular weight excluding hydrogens is 294 g/mol. The van der Waals surface area contributed by atoms with Gasteiger partial charge in [-0.25, -0.2) is 0 Å². The largest absolute Gasteiger partial charge is 0.336 e. The molecular formula is C14H18ClN3O3. The van der Waals surface area contributed by atoms with Gasteiger partial charge in [0, 0.05) is 23.7 Å². The van der Waals surface area contributed by atoms with Crippen LogP contribution in [0.25, 0.3) is 0 Å². The van der Waals surface area contributed by atoms with Crippen LogP contribution in [0.4, 0.5) is 5.69 Å². The highest BCUT2D eigenvalue weighted by molar-refractivity contribution is 6.31. The van der Waals surface area contributed by atoms with E-state index in [4.69, 9.17) is 11.6 Å². The zero-order valence-electron chi connectivity index (χ0n) is 11.8. The van der Waals surface area contributed by atoms with Crippen molar-refractivity contribution in [3.63, 3.8) is 0 Å². The van der Waals surface area contributed by atoms with E-state index in [0.29, 0.717) is 6.54 Å². The molecule has 1 heterocycles. The third kappa shape index (κ3) is 3.51. The minimum absolute atomic E-state index is 0.102. The van der Waals surface area contributed by atoms with E-state index in [-0.39, 0.29) is 28.2 Å². The number of piperidine rings is 1. The van der Waals surface area contributed by atoms with Gasteiger partial charge in [-0.3, -0.25) is 14.9 Å². The van der Waals surface area contributed by atoms with Gasteiger partial charge in [-0.15, -0.1) is 0 Å². The molecule has 1 aliphatic rings. The van der Waals surface area contributed by atoms with Crippen molar-refractivity contribution in [1.82, 2.24) is 10.2 Å². The Morgan fingerprint density at radius 3 is 2.71 bits per heavy atom. The number of hydrogen-bond donors (Lipinski definition) is 1. The molecule has 6 nitrogen and oxygen atoms in total. The van der Waals surface area contributed by atoms with E-state index >= 15 is 0 Å². The lowest BCUT2D eigenvalue weighted by Gasteiger charge is -2.33. The monoisotopic (exact) mass is 311 g/mol. The molecule has 0 saturated carbocycles. The van der Waals surface area contributed by atoms with Crippen LogP contribution in [0.2, 0.25) is 5.02 Å². The third-order valence-corrected chi connectivity index (χ3v) is 3.97. The van der Waals surface area contributed by atoms with Gasteiger partial charge in [-0.1, -0.05) is 11.6 Å². The minimum Gasteiger partial charge on any atom is -0.336 e. The first kappa shape index (κ1) is 15.7. The number of benzene rings is 1. The second-order valence-electron chi connectivity index (χ2n) is 4.99. The molecule has 7 heteroatoms. The maximum Gasteiger partial charge on any atom is 0.283 e. The number of halogens is 1. The zero-order chi connectivity index (χ0) is 15.4. The summed E-state index contributed by atoms with van der Waals surface area (Å²) in [6.45, 7) is 4.14. The maximum absolute atomic E-state index is 12.7. The number of nitro groups is 1. The number of nitro benzene ring substituents is 1. The van der Waals surface area contributed by atoms with E-state index in [1.807, 2.05) is 6.92 Å². The summed E-state index contributed by atoms with van der Waals surface area (Å²) in [5.74, 6) is -0.298. The van der Waals surface area contributed by atoms with Gasteiger partial charge in [0.2, 0.25) is 0 Å². The van der Waals surface area contributed by atoms with Crippen LogP contribution in [0.3, 0.4) is 0 Å². The molecule has 1 aliphatic heterocycles. The van der Waals surface area contributed by atoms with Crippen molar-refractivity contribution in [3.05, 3.63) is 38.9 Å². The number of rotatable bonds is 4. The average molecular weight is 312 g/mol. The number of carbonyl (C=O) groups is 1. The van der Waals surface area contributed by atoms with Gasteiger partial charge in [0.1, 0.15) is 5.56 Å². The molecule has 0 bridgehead atoms. The summed E-state index contributed by atoms with van der Waals surface area (Å²) in [6, 6.07) is 4.30. The van der Waals surface area contributed by atoms with Crippen LogP contribution in [0.1, 0.15) is 30.1 Å². The molecule has 1 saturated heterocycles. The molecule has 1 N–H and O–H groups in total. The third-order valence-electron chi connectivity index (χ3n) is 3.74. The number of hydrogen-bond acceptors (Lipinski definition) is 4. The van der Waals surface area contributed by atoms with Crippen LogP contribution >= 0.6 is 11.6 Å². The van der Waals surface area contributed by atoms with E-state index in [0.717, 1.165) is 25.9 Å². The van der Waals surface area contributed by atoms with E-state index in [2.05, 4.69) is 5.32 Å². The van der Waals surface area contributed by atoms with Gasteiger partial charge in [-0.05, 0) is 45.0 Å². The Balaban J connectivity index is 2.31. The summed E-state index contributed by atoms with van der Waals surface area (Å²) >= 11 is 5.79. The quantitative estimate of drug-likeness (QED) is 0.684. The zero-order valence-corrected chi connectivity index (χ0v) is 12.6. The van der Waals surface area contributed by atoms with E-state index in [9.17, 15) is 14.9 Å². The molecule has 21 heavy (non-hydrogen) atoms. The maximum atomic E-state index is 12.7. The SMILES string of the molecule is CCN(C(=O)c1ccc(Cl)cc1[N+](=O)[O-])C1CCNCC1. The Labute approximate surface area is 128 Å². The van der Waals surface area contributed by atoms with Crippen molar-refractivity contribution in [3.8, 4) is 0 Å². The Hall–Kier alpha value is -1.66. The predicted octanol–water partition coefficient (Wildman–Crippen LogP) is 2.46. The van der Waals surface area contributed by atoms with Crippen LogP contribution in [-0.2, 0) is 0 Å². The lowest BCUT2D eigenvalue weighted by atomic mass is 10.0. The Kier molecular flexibility index (Phi) is 5.14. The fourth-order valence-corrected chi connectivity index (χ4v) is 2.84. The smallest absolute Gasteiger partial charge is 0.283 e. The van der Waals surface area contributed by atoms with E-state index < -0.39 is 4.92 Å². The van der Waals surface area contributed by atoms with Gasteiger partial charge in [0.25, 0.3) is 11.6 Å². The van der Waals surface area contributed by atoms with Crippen molar-refractivity contribution in [2.75, 3.05) is 19.6 Å². The molecule has 1 aromatic rings. The fourth-order valence-electron chi connectivity index (χ4n) is 2.68. The average Bonchev–Trinajstić information content (AvgIpc) is 2.48. The molecule has 1 fully saturated rings. The second-order valence-corrected chi connectivity index (χ2v) is 5.43. The molecule has 0 aromatic heterocycles. The van der Waals surface area contributed by atoms with Crippen molar-refractivity contribution in [2.45, 2.75) is 25.8 Å². The summed E-state index contributed by atoms with van der Waals surface area (Å²) < 4.78 is 0. The first-order valence-electron chi connectivity index (χ1n) is 7.00. The summed E-state index contributed by atoms with van der Waals surface area (Å²) in [5, 5.41) is 14.6. The highest BCUT2D eigenvalue weighted by Gasteiger charge is 2.29. The molecule has 0 radical (unpaired) electrons. The number of nitrogens with zero attached hydrogens (tertiary/aromatic N) is 2. The molecule has 0 unspecified atom stereocenters. The van der Waals surface area contributed by atoms with Crippen LogP contribution in [-0.4, -0.2) is 41.4 Å². The van der Waals surface area contributed by atoms with Crippen LogP contribution in [0.15, 0.2) is 18.2 Å². The Morgan fingerprint density at radius 1 is 1.48 bits per heavy atom. The molecule has 1 aromatic carbocycles.